The van der Waals surface area contributed by atoms with Crippen LogP contribution in [0.15, 0.2) is 52.5 Å². The second-order valence-corrected chi connectivity index (χ2v) is 6.38. The van der Waals surface area contributed by atoms with Gasteiger partial charge < -0.3 is 4.74 Å². The predicted molar refractivity (Wildman–Crippen MR) is 91.0 cm³/mol. The third-order valence-electron chi connectivity index (χ3n) is 2.90. The standard InChI is InChI=1S/C15H10Cl2N4O2S/c1-9(22)23-13-11(16)7-8-12(17)14(13)24-15-18-19-20-21(15)10-5-3-2-4-6-10/h2-8H,1H3. The van der Waals surface area contributed by atoms with E-state index in [-0.39, 0.29) is 10.8 Å². The fraction of sp³-hybridized carbons (Fsp3) is 0.0667. The molecule has 24 heavy (non-hydrogen) atoms. The summed E-state index contributed by atoms with van der Waals surface area (Å²) >= 11 is 13.5. The number of halogens is 2. The van der Waals surface area contributed by atoms with Crippen molar-refractivity contribution in [2.45, 2.75) is 17.0 Å². The van der Waals surface area contributed by atoms with Crippen molar-refractivity contribution < 1.29 is 9.53 Å². The van der Waals surface area contributed by atoms with Crippen molar-refractivity contribution in [2.75, 3.05) is 0 Å². The van der Waals surface area contributed by atoms with E-state index in [9.17, 15) is 4.79 Å². The number of para-hydroxylation sites is 1. The smallest absolute Gasteiger partial charge is 0.308 e. The molecule has 6 nitrogen and oxygen atoms in total. The van der Waals surface area contributed by atoms with Crippen LogP contribution in [0.5, 0.6) is 5.75 Å². The topological polar surface area (TPSA) is 69.9 Å². The fourth-order valence-corrected chi connectivity index (χ4v) is 3.33. The third-order valence-corrected chi connectivity index (χ3v) is 4.67. The number of rotatable bonds is 4. The van der Waals surface area contributed by atoms with Gasteiger partial charge in [0.25, 0.3) is 0 Å². The Morgan fingerprint density at radius 2 is 1.83 bits per heavy atom. The molecule has 0 fully saturated rings. The van der Waals surface area contributed by atoms with E-state index in [4.69, 9.17) is 27.9 Å². The molecule has 9 heteroatoms. The minimum absolute atomic E-state index is 0.185. The highest BCUT2D eigenvalue weighted by Gasteiger charge is 2.19. The molecule has 0 amide bonds. The monoisotopic (exact) mass is 380 g/mol. The number of benzene rings is 2. The molecule has 0 bridgehead atoms. The highest BCUT2D eigenvalue weighted by molar-refractivity contribution is 7.99. The summed E-state index contributed by atoms with van der Waals surface area (Å²) in [6.45, 7) is 1.29. The van der Waals surface area contributed by atoms with E-state index < -0.39 is 5.97 Å². The van der Waals surface area contributed by atoms with Crippen molar-refractivity contribution >= 4 is 40.9 Å². The van der Waals surface area contributed by atoms with Crippen LogP contribution in [0, 0.1) is 0 Å². The van der Waals surface area contributed by atoms with Gasteiger partial charge in [-0.1, -0.05) is 41.4 Å². The Morgan fingerprint density at radius 1 is 1.12 bits per heavy atom. The average molecular weight is 381 g/mol. The maximum Gasteiger partial charge on any atom is 0.308 e. The third kappa shape index (κ3) is 3.53. The SMILES string of the molecule is CC(=O)Oc1c(Cl)ccc(Cl)c1Sc1nnnn1-c1ccccc1. The molecule has 0 unspecified atom stereocenters. The summed E-state index contributed by atoms with van der Waals surface area (Å²) in [5.41, 5.74) is 0.789. The largest absolute Gasteiger partial charge is 0.424 e. The first kappa shape index (κ1) is 16.8. The number of esters is 1. The van der Waals surface area contributed by atoms with Crippen molar-refractivity contribution in [3.63, 3.8) is 0 Å². The summed E-state index contributed by atoms with van der Waals surface area (Å²) in [5, 5.41) is 12.8. The van der Waals surface area contributed by atoms with Crippen LogP contribution in [0.2, 0.25) is 10.0 Å². The van der Waals surface area contributed by atoms with Gasteiger partial charge in [-0.2, -0.15) is 4.68 Å². The van der Waals surface area contributed by atoms with Crippen LogP contribution >= 0.6 is 35.0 Å². The molecule has 0 aliphatic heterocycles. The number of ether oxygens (including phenoxy) is 1. The van der Waals surface area contributed by atoms with Gasteiger partial charge in [-0.05, 0) is 46.5 Å². The Hall–Kier alpha value is -2.09. The van der Waals surface area contributed by atoms with E-state index in [1.165, 1.54) is 6.92 Å². The Morgan fingerprint density at radius 3 is 2.54 bits per heavy atom. The zero-order chi connectivity index (χ0) is 17.1. The lowest BCUT2D eigenvalue weighted by atomic mass is 10.3. The molecule has 0 atom stereocenters. The van der Waals surface area contributed by atoms with Crippen LogP contribution < -0.4 is 4.74 Å². The van der Waals surface area contributed by atoms with Gasteiger partial charge >= 0.3 is 5.97 Å². The Kier molecular flexibility index (Phi) is 5.03. The minimum Gasteiger partial charge on any atom is -0.424 e. The average Bonchev–Trinajstić information content (AvgIpc) is 3.03. The Bertz CT molecular complexity index is 886. The lowest BCUT2D eigenvalue weighted by Gasteiger charge is -2.11. The molecule has 0 spiro atoms. The van der Waals surface area contributed by atoms with Gasteiger partial charge in [-0.15, -0.1) is 5.10 Å². The second-order valence-electron chi connectivity index (χ2n) is 4.59. The molecule has 0 N–H and O–H groups in total. The van der Waals surface area contributed by atoms with Gasteiger partial charge in [0.1, 0.15) is 0 Å². The van der Waals surface area contributed by atoms with E-state index in [0.29, 0.717) is 15.1 Å². The molecule has 3 rings (SSSR count). The number of tetrazole rings is 1. The lowest BCUT2D eigenvalue weighted by Crippen LogP contribution is -2.04. The molecule has 0 radical (unpaired) electrons. The van der Waals surface area contributed by atoms with Crippen molar-refractivity contribution in [3.8, 4) is 11.4 Å². The zero-order valence-corrected chi connectivity index (χ0v) is 14.6. The molecule has 2 aromatic carbocycles. The van der Waals surface area contributed by atoms with E-state index in [1.807, 2.05) is 30.3 Å². The quantitative estimate of drug-likeness (QED) is 0.502. The van der Waals surface area contributed by atoms with Crippen molar-refractivity contribution in [3.05, 3.63) is 52.5 Å². The molecule has 0 saturated carbocycles. The van der Waals surface area contributed by atoms with Gasteiger partial charge in [0, 0.05) is 6.92 Å². The van der Waals surface area contributed by atoms with Gasteiger partial charge in [0.05, 0.1) is 20.6 Å². The van der Waals surface area contributed by atoms with E-state index in [0.717, 1.165) is 17.4 Å². The van der Waals surface area contributed by atoms with Crippen LogP contribution in [-0.2, 0) is 4.79 Å². The first-order valence-electron chi connectivity index (χ1n) is 6.74. The van der Waals surface area contributed by atoms with Crippen LogP contribution in [-0.4, -0.2) is 26.2 Å². The number of carbonyl (C=O) groups excluding carboxylic acids is 1. The molecule has 0 aliphatic carbocycles. The number of carbonyl (C=O) groups is 1. The molecule has 1 aromatic heterocycles. The van der Waals surface area contributed by atoms with Gasteiger partial charge in [0.2, 0.25) is 5.16 Å². The number of hydrogen-bond acceptors (Lipinski definition) is 6. The Labute approximate surface area is 151 Å². The maximum atomic E-state index is 11.3. The highest BCUT2D eigenvalue weighted by Crippen LogP contribution is 2.43. The molecular weight excluding hydrogens is 371 g/mol. The van der Waals surface area contributed by atoms with E-state index in [1.54, 1.807) is 16.8 Å². The number of nitrogens with zero attached hydrogens (tertiary/aromatic N) is 4. The van der Waals surface area contributed by atoms with Crippen molar-refractivity contribution in [1.29, 1.82) is 0 Å². The van der Waals surface area contributed by atoms with Crippen LogP contribution in [0.25, 0.3) is 5.69 Å². The van der Waals surface area contributed by atoms with Crippen molar-refractivity contribution in [2.24, 2.45) is 0 Å². The summed E-state index contributed by atoms with van der Waals surface area (Å²) in [6, 6.07) is 12.6. The summed E-state index contributed by atoms with van der Waals surface area (Å²) in [6.07, 6.45) is 0. The normalized spacial score (nSPS) is 10.6. The van der Waals surface area contributed by atoms with Crippen molar-refractivity contribution in [1.82, 2.24) is 20.2 Å². The van der Waals surface area contributed by atoms with Crippen LogP contribution in [0.1, 0.15) is 6.92 Å². The first-order valence-corrected chi connectivity index (χ1v) is 8.31. The second kappa shape index (κ2) is 7.21. The van der Waals surface area contributed by atoms with E-state index in [2.05, 4.69) is 15.5 Å². The van der Waals surface area contributed by atoms with E-state index >= 15 is 0 Å². The van der Waals surface area contributed by atoms with Gasteiger partial charge in [-0.3, -0.25) is 4.79 Å². The Balaban J connectivity index is 2.03. The summed E-state index contributed by atoms with van der Waals surface area (Å²) in [4.78, 5) is 11.8. The summed E-state index contributed by atoms with van der Waals surface area (Å²) in [7, 11) is 0. The molecular formula is C15H10Cl2N4O2S. The summed E-state index contributed by atoms with van der Waals surface area (Å²) in [5.74, 6) is -0.312. The lowest BCUT2D eigenvalue weighted by molar-refractivity contribution is -0.132. The molecule has 122 valence electrons. The van der Waals surface area contributed by atoms with Crippen LogP contribution in [0.4, 0.5) is 0 Å². The minimum atomic E-state index is -0.497. The van der Waals surface area contributed by atoms with Gasteiger partial charge in [-0.25, -0.2) is 0 Å². The molecule has 0 saturated heterocycles. The summed E-state index contributed by atoms with van der Waals surface area (Å²) < 4.78 is 6.75. The van der Waals surface area contributed by atoms with Gasteiger partial charge in [0.15, 0.2) is 5.75 Å². The number of aromatic nitrogens is 4. The fourth-order valence-electron chi connectivity index (χ4n) is 1.91. The van der Waals surface area contributed by atoms with Crippen LogP contribution in [0.3, 0.4) is 0 Å². The first-order chi connectivity index (χ1) is 11.6. The molecule has 1 heterocycles. The maximum absolute atomic E-state index is 11.3. The molecule has 0 aliphatic rings. The molecule has 3 aromatic rings. The zero-order valence-electron chi connectivity index (χ0n) is 12.3. The number of hydrogen-bond donors (Lipinski definition) is 0. The predicted octanol–water partition coefficient (Wildman–Crippen LogP) is 4.05. The highest BCUT2D eigenvalue weighted by atomic mass is 35.5.